The van der Waals surface area contributed by atoms with E-state index in [-0.39, 0.29) is 16.8 Å². The summed E-state index contributed by atoms with van der Waals surface area (Å²) in [6.45, 7) is 0. The van der Waals surface area contributed by atoms with Crippen LogP contribution in [0.1, 0.15) is 20.7 Å². The number of nitrogens with one attached hydrogen (secondary N) is 2. The van der Waals surface area contributed by atoms with Gasteiger partial charge in [0.1, 0.15) is 0 Å². The van der Waals surface area contributed by atoms with Gasteiger partial charge in [0.25, 0.3) is 11.8 Å². The minimum Gasteiger partial charge on any atom is -0.322 e. The fraction of sp³-hybridized carbons (Fsp3) is 0. The third-order valence-corrected chi connectivity index (χ3v) is 3.79. The lowest BCUT2D eigenvalue weighted by molar-refractivity contribution is 0.102. The number of rotatable bonds is 4. The maximum absolute atomic E-state index is 13.2. The van der Waals surface area contributed by atoms with Crippen LogP contribution in [0.25, 0.3) is 0 Å². The number of nitrogens with zero attached hydrogens (tertiary/aromatic N) is 1. The first-order valence-electron chi connectivity index (χ1n) is 7.71. The first-order chi connectivity index (χ1) is 12.9. The highest BCUT2D eigenvalue weighted by Gasteiger charge is 2.13. The van der Waals surface area contributed by atoms with E-state index in [4.69, 9.17) is 11.6 Å². The minimum absolute atomic E-state index is 0.0786. The number of carbonyl (C=O) groups is 2. The van der Waals surface area contributed by atoms with Gasteiger partial charge >= 0.3 is 0 Å². The molecule has 27 heavy (non-hydrogen) atoms. The largest absolute Gasteiger partial charge is 0.322 e. The Morgan fingerprint density at radius 1 is 0.778 bits per heavy atom. The molecule has 3 aromatic rings. The van der Waals surface area contributed by atoms with Gasteiger partial charge in [0.15, 0.2) is 11.6 Å². The lowest BCUT2D eigenvalue weighted by atomic mass is 10.1. The molecule has 0 aliphatic rings. The van der Waals surface area contributed by atoms with Crippen molar-refractivity contribution in [2.75, 3.05) is 10.6 Å². The topological polar surface area (TPSA) is 71.1 Å². The van der Waals surface area contributed by atoms with Crippen LogP contribution >= 0.6 is 11.6 Å². The molecule has 0 spiro atoms. The smallest absolute Gasteiger partial charge is 0.257 e. The zero-order valence-electron chi connectivity index (χ0n) is 13.7. The molecular weight excluding hydrogens is 376 g/mol. The number of pyridine rings is 1. The Kier molecular flexibility index (Phi) is 5.42. The van der Waals surface area contributed by atoms with E-state index in [0.29, 0.717) is 10.7 Å². The summed E-state index contributed by atoms with van der Waals surface area (Å²) in [5.74, 6) is -3.18. The average Bonchev–Trinajstić information content (AvgIpc) is 2.66. The molecule has 1 aromatic heterocycles. The van der Waals surface area contributed by atoms with Crippen LogP contribution in [0.2, 0.25) is 5.02 Å². The number of halogens is 3. The molecule has 0 aliphatic heterocycles. The first-order valence-corrected chi connectivity index (χ1v) is 8.08. The first kappa shape index (κ1) is 18.5. The van der Waals surface area contributed by atoms with E-state index in [1.165, 1.54) is 24.5 Å². The molecule has 2 N–H and O–H groups in total. The number of amides is 2. The highest BCUT2D eigenvalue weighted by Crippen LogP contribution is 2.16. The Bertz CT molecular complexity index is 1010. The normalized spacial score (nSPS) is 10.3. The second-order valence-corrected chi connectivity index (χ2v) is 5.94. The molecular formula is C19H12ClF2N3O2. The molecule has 0 saturated heterocycles. The van der Waals surface area contributed by atoms with E-state index in [2.05, 4.69) is 15.6 Å². The average molecular weight is 388 g/mol. The van der Waals surface area contributed by atoms with Crippen LogP contribution in [0.4, 0.5) is 20.2 Å². The summed E-state index contributed by atoms with van der Waals surface area (Å²) in [7, 11) is 0. The molecule has 0 atom stereocenters. The van der Waals surface area contributed by atoms with Crippen molar-refractivity contribution >= 4 is 34.8 Å². The third-order valence-electron chi connectivity index (χ3n) is 3.54. The van der Waals surface area contributed by atoms with Crippen molar-refractivity contribution in [1.82, 2.24) is 4.98 Å². The standard InChI is InChI=1S/C19H12ClF2N3O2/c20-13-1-3-14(4-2-13)24-18(26)11-7-12(10-23-9-11)19(27)25-15-5-6-16(21)17(22)8-15/h1-10H,(H,24,26)(H,25,27). The second-order valence-electron chi connectivity index (χ2n) is 5.51. The molecule has 2 aromatic carbocycles. The van der Waals surface area contributed by atoms with Gasteiger partial charge in [0.2, 0.25) is 0 Å². The van der Waals surface area contributed by atoms with Gasteiger partial charge in [0.05, 0.1) is 11.1 Å². The maximum atomic E-state index is 13.2. The van der Waals surface area contributed by atoms with Gasteiger partial charge < -0.3 is 10.6 Å². The van der Waals surface area contributed by atoms with Crippen LogP contribution in [0.5, 0.6) is 0 Å². The van der Waals surface area contributed by atoms with Crippen molar-refractivity contribution in [2.24, 2.45) is 0 Å². The van der Waals surface area contributed by atoms with Crippen LogP contribution in [0.15, 0.2) is 60.9 Å². The summed E-state index contributed by atoms with van der Waals surface area (Å²) in [6, 6.07) is 10.8. The van der Waals surface area contributed by atoms with E-state index < -0.39 is 23.4 Å². The van der Waals surface area contributed by atoms with Crippen LogP contribution < -0.4 is 10.6 Å². The highest BCUT2D eigenvalue weighted by molar-refractivity contribution is 6.30. The second kappa shape index (κ2) is 7.92. The van der Waals surface area contributed by atoms with Crippen LogP contribution in [0.3, 0.4) is 0 Å². The number of hydrogen-bond acceptors (Lipinski definition) is 3. The lowest BCUT2D eigenvalue weighted by Gasteiger charge is -2.08. The zero-order chi connectivity index (χ0) is 19.4. The Labute approximate surface area is 158 Å². The summed E-state index contributed by atoms with van der Waals surface area (Å²) >= 11 is 5.79. The molecule has 136 valence electrons. The molecule has 0 bridgehead atoms. The van der Waals surface area contributed by atoms with E-state index in [1.54, 1.807) is 24.3 Å². The fourth-order valence-corrected chi connectivity index (χ4v) is 2.33. The van der Waals surface area contributed by atoms with Crippen LogP contribution in [-0.4, -0.2) is 16.8 Å². The van der Waals surface area contributed by atoms with E-state index in [9.17, 15) is 18.4 Å². The van der Waals surface area contributed by atoms with E-state index in [1.807, 2.05) is 0 Å². The number of aromatic nitrogens is 1. The fourth-order valence-electron chi connectivity index (χ4n) is 2.20. The van der Waals surface area contributed by atoms with Crippen molar-refractivity contribution in [3.05, 3.63) is 88.7 Å². The Morgan fingerprint density at radius 2 is 1.33 bits per heavy atom. The Hall–Kier alpha value is -3.32. The van der Waals surface area contributed by atoms with Crippen molar-refractivity contribution in [1.29, 1.82) is 0 Å². The molecule has 0 unspecified atom stereocenters. The van der Waals surface area contributed by atoms with Gasteiger partial charge in [0, 0.05) is 34.9 Å². The van der Waals surface area contributed by atoms with Crippen LogP contribution in [-0.2, 0) is 0 Å². The number of carbonyl (C=O) groups excluding carboxylic acids is 2. The molecule has 0 radical (unpaired) electrons. The van der Waals surface area contributed by atoms with E-state index in [0.717, 1.165) is 12.1 Å². The van der Waals surface area contributed by atoms with Crippen molar-refractivity contribution in [2.45, 2.75) is 0 Å². The molecule has 1 heterocycles. The van der Waals surface area contributed by atoms with Gasteiger partial charge in [-0.05, 0) is 42.5 Å². The molecule has 8 heteroatoms. The SMILES string of the molecule is O=C(Nc1ccc(Cl)cc1)c1cncc(C(=O)Nc2ccc(F)c(F)c2)c1. The molecule has 2 amide bonds. The quantitative estimate of drug-likeness (QED) is 0.691. The summed E-state index contributed by atoms with van der Waals surface area (Å²) in [5.41, 5.74) is 0.849. The summed E-state index contributed by atoms with van der Waals surface area (Å²) in [5, 5.41) is 5.60. The Balaban J connectivity index is 1.73. The van der Waals surface area contributed by atoms with Gasteiger partial charge in [-0.1, -0.05) is 11.6 Å². The lowest BCUT2D eigenvalue weighted by Crippen LogP contribution is -2.16. The van der Waals surface area contributed by atoms with Gasteiger partial charge in [-0.15, -0.1) is 0 Å². The summed E-state index contributed by atoms with van der Waals surface area (Å²) < 4.78 is 26.2. The van der Waals surface area contributed by atoms with E-state index >= 15 is 0 Å². The molecule has 0 saturated carbocycles. The number of benzene rings is 2. The molecule has 0 aliphatic carbocycles. The number of hydrogen-bond donors (Lipinski definition) is 2. The molecule has 5 nitrogen and oxygen atoms in total. The summed E-state index contributed by atoms with van der Waals surface area (Å²) in [4.78, 5) is 28.5. The van der Waals surface area contributed by atoms with Gasteiger partial charge in [-0.25, -0.2) is 8.78 Å². The highest BCUT2D eigenvalue weighted by atomic mass is 35.5. The number of anilines is 2. The predicted octanol–water partition coefficient (Wildman–Crippen LogP) is 4.52. The molecule has 3 rings (SSSR count). The Morgan fingerprint density at radius 3 is 1.93 bits per heavy atom. The third kappa shape index (κ3) is 4.65. The van der Waals surface area contributed by atoms with Gasteiger partial charge in [-0.2, -0.15) is 0 Å². The maximum Gasteiger partial charge on any atom is 0.257 e. The summed E-state index contributed by atoms with van der Waals surface area (Å²) in [6.07, 6.45) is 2.56. The van der Waals surface area contributed by atoms with Crippen molar-refractivity contribution in [3.8, 4) is 0 Å². The monoisotopic (exact) mass is 387 g/mol. The van der Waals surface area contributed by atoms with Gasteiger partial charge in [-0.3, -0.25) is 14.6 Å². The van der Waals surface area contributed by atoms with Crippen molar-refractivity contribution in [3.63, 3.8) is 0 Å². The zero-order valence-corrected chi connectivity index (χ0v) is 14.4. The molecule has 0 fully saturated rings. The van der Waals surface area contributed by atoms with Crippen LogP contribution in [0, 0.1) is 11.6 Å². The van der Waals surface area contributed by atoms with Crippen molar-refractivity contribution < 1.29 is 18.4 Å². The minimum atomic E-state index is -1.08. The predicted molar refractivity (Wildman–Crippen MR) is 98.0 cm³/mol.